The topological polar surface area (TPSA) is 112 Å². The highest BCUT2D eigenvalue weighted by Gasteiger charge is 2.64. The average Bonchev–Trinajstić information content (AvgIpc) is 3.02. The molecule has 2 aromatic rings. The van der Waals surface area contributed by atoms with Crippen molar-refractivity contribution in [1.82, 2.24) is 0 Å². The lowest BCUT2D eigenvalue weighted by molar-refractivity contribution is -0.181. The van der Waals surface area contributed by atoms with Gasteiger partial charge in [0.25, 0.3) is 0 Å². The van der Waals surface area contributed by atoms with Crippen molar-refractivity contribution in [3.63, 3.8) is 0 Å². The van der Waals surface area contributed by atoms with Gasteiger partial charge in [-0.3, -0.25) is 4.79 Å². The Balaban J connectivity index is 1.56. The second-order valence-corrected chi connectivity index (χ2v) is 13.8. The quantitative estimate of drug-likeness (QED) is 0.173. The van der Waals surface area contributed by atoms with E-state index in [0.717, 1.165) is 30.4 Å². The Kier molecular flexibility index (Phi) is 10.1. The van der Waals surface area contributed by atoms with E-state index in [9.17, 15) is 19.8 Å². The molecular weight excluding hydrogens is 608 g/mol. The Hall–Kier alpha value is -4.46. The summed E-state index contributed by atoms with van der Waals surface area (Å²) in [6.45, 7) is 14.2. The fraction of sp³-hybridized carbons (Fsp3) is 0.450. The van der Waals surface area contributed by atoms with Crippen LogP contribution in [-0.2, 0) is 31.1 Å². The molecule has 0 amide bonds. The summed E-state index contributed by atoms with van der Waals surface area (Å²) in [5.74, 6) is -0.0188. The maximum Gasteiger partial charge on any atom is 0.350 e. The van der Waals surface area contributed by atoms with Gasteiger partial charge in [-0.1, -0.05) is 41.5 Å². The Morgan fingerprint density at radius 2 is 1.77 bits per heavy atom. The molecule has 2 N–H and O–H groups in total. The van der Waals surface area contributed by atoms with Crippen LogP contribution in [0.25, 0.3) is 11.1 Å². The number of fused-ring (bicyclic) bond motifs is 3. The lowest BCUT2D eigenvalue weighted by Gasteiger charge is -2.56. The summed E-state index contributed by atoms with van der Waals surface area (Å²) in [6.07, 6.45) is 11.5. The Bertz CT molecular complexity index is 1710. The fourth-order valence-electron chi connectivity index (χ4n) is 7.55. The first-order chi connectivity index (χ1) is 22.8. The number of carbonyl (C=O) groups excluding carboxylic acids is 2. The third-order valence-electron chi connectivity index (χ3n) is 9.80. The van der Waals surface area contributed by atoms with Crippen molar-refractivity contribution in [2.45, 2.75) is 97.2 Å². The minimum Gasteiger partial charge on any atom is -0.508 e. The van der Waals surface area contributed by atoms with Gasteiger partial charge in [-0.2, -0.15) is 0 Å². The standard InChI is InChI=1S/C40H48O8/c1-24(2)10-8-11-26(5)12-9-13-28(22-46-27(6)41)14-15-29-20-30(42)21-31-35-33(43)16-17-34-36(35)40(48-37(29)31)23-39(47-34,38(44)45-7)19-18-32(40)25(3)4/h10,12,14,16-17,20-21,32,42-43H,3,8-9,11,13,15,18-19,22-23H2,1-2,4-7H3. The molecule has 0 aromatic heterocycles. The largest absolute Gasteiger partial charge is 0.508 e. The van der Waals surface area contributed by atoms with Crippen molar-refractivity contribution in [1.29, 1.82) is 0 Å². The van der Waals surface area contributed by atoms with E-state index in [1.165, 1.54) is 25.2 Å². The molecule has 8 nitrogen and oxygen atoms in total. The van der Waals surface area contributed by atoms with E-state index in [1.54, 1.807) is 24.3 Å². The minimum absolute atomic E-state index is 0.0193. The molecule has 256 valence electrons. The summed E-state index contributed by atoms with van der Waals surface area (Å²) in [7, 11) is 1.36. The average molecular weight is 657 g/mol. The van der Waals surface area contributed by atoms with Crippen LogP contribution < -0.4 is 9.47 Å². The summed E-state index contributed by atoms with van der Waals surface area (Å²) in [6, 6.07) is 6.48. The van der Waals surface area contributed by atoms with Gasteiger partial charge in [0.1, 0.15) is 35.2 Å². The maximum atomic E-state index is 13.3. The van der Waals surface area contributed by atoms with Crippen molar-refractivity contribution in [2.75, 3.05) is 13.7 Å². The van der Waals surface area contributed by atoms with E-state index in [0.29, 0.717) is 59.4 Å². The van der Waals surface area contributed by atoms with E-state index < -0.39 is 17.2 Å². The molecule has 8 heteroatoms. The summed E-state index contributed by atoms with van der Waals surface area (Å²) < 4.78 is 24.2. The molecule has 3 aliphatic rings. The molecule has 3 unspecified atom stereocenters. The lowest BCUT2D eigenvalue weighted by atomic mass is 9.60. The third-order valence-corrected chi connectivity index (χ3v) is 9.80. The molecule has 2 aliphatic heterocycles. The zero-order valence-corrected chi connectivity index (χ0v) is 29.0. The molecule has 3 atom stereocenters. The highest BCUT2D eigenvalue weighted by Crippen LogP contribution is 2.65. The number of benzene rings is 2. The van der Waals surface area contributed by atoms with Crippen LogP contribution in [0.3, 0.4) is 0 Å². The van der Waals surface area contributed by atoms with Gasteiger partial charge in [0, 0.05) is 41.5 Å². The van der Waals surface area contributed by atoms with Gasteiger partial charge in [0.2, 0.25) is 5.60 Å². The van der Waals surface area contributed by atoms with Gasteiger partial charge >= 0.3 is 11.9 Å². The number of phenols is 2. The van der Waals surface area contributed by atoms with Crippen LogP contribution >= 0.6 is 0 Å². The Labute approximate surface area is 283 Å². The molecule has 48 heavy (non-hydrogen) atoms. The smallest absolute Gasteiger partial charge is 0.350 e. The maximum absolute atomic E-state index is 13.3. The first-order valence-electron chi connectivity index (χ1n) is 16.7. The number of phenolic OH excluding ortho intramolecular Hbond substituents is 2. The second kappa shape index (κ2) is 14.0. The zero-order chi connectivity index (χ0) is 34.8. The number of allylic oxidation sites excluding steroid dienone is 5. The number of rotatable bonds is 12. The molecular formula is C40H48O8. The number of hydrogen-bond acceptors (Lipinski definition) is 8. The minimum atomic E-state index is -1.26. The molecule has 1 fully saturated rings. The van der Waals surface area contributed by atoms with Crippen LogP contribution in [-0.4, -0.2) is 41.5 Å². The molecule has 0 saturated heterocycles. The highest BCUT2D eigenvalue weighted by atomic mass is 16.6. The van der Waals surface area contributed by atoms with Crippen molar-refractivity contribution in [2.24, 2.45) is 5.92 Å². The summed E-state index contributed by atoms with van der Waals surface area (Å²) in [4.78, 5) is 25.1. The SMILES string of the molecule is C=C(C)C1CCC2(C(=O)OC)CC13Oc1c(CC=C(CCC=C(C)CCC=C(C)C)COC(C)=O)cc(O)cc1-c1c(O)ccc(c13)O2. The number of methoxy groups -OCH3 is 1. The highest BCUT2D eigenvalue weighted by molar-refractivity contribution is 5.88. The predicted molar refractivity (Wildman–Crippen MR) is 185 cm³/mol. The van der Waals surface area contributed by atoms with Gasteiger partial charge in [0.05, 0.1) is 7.11 Å². The van der Waals surface area contributed by atoms with Crippen molar-refractivity contribution < 1.29 is 38.7 Å². The monoisotopic (exact) mass is 656 g/mol. The Morgan fingerprint density at radius 1 is 1.02 bits per heavy atom. The molecule has 1 saturated carbocycles. The van der Waals surface area contributed by atoms with Crippen LogP contribution in [0.15, 0.2) is 71.4 Å². The van der Waals surface area contributed by atoms with Gasteiger partial charge < -0.3 is 29.2 Å². The molecule has 0 radical (unpaired) electrons. The van der Waals surface area contributed by atoms with Gasteiger partial charge in [-0.05, 0) is 102 Å². The summed E-state index contributed by atoms with van der Waals surface area (Å²) in [5, 5.41) is 22.3. The number of ether oxygens (including phenoxy) is 4. The molecule has 1 spiro atoms. The second-order valence-electron chi connectivity index (χ2n) is 13.8. The van der Waals surface area contributed by atoms with Gasteiger partial charge in [-0.15, -0.1) is 0 Å². The number of aromatic hydroxyl groups is 2. The molecule has 2 bridgehead atoms. The zero-order valence-electron chi connectivity index (χ0n) is 29.0. The number of hydrogen-bond donors (Lipinski definition) is 2. The van der Waals surface area contributed by atoms with E-state index in [1.807, 2.05) is 13.0 Å². The number of esters is 2. The van der Waals surface area contributed by atoms with Crippen molar-refractivity contribution >= 4 is 11.9 Å². The van der Waals surface area contributed by atoms with Crippen LogP contribution in [0.4, 0.5) is 0 Å². The first-order valence-corrected chi connectivity index (χ1v) is 16.7. The summed E-state index contributed by atoms with van der Waals surface area (Å²) >= 11 is 0. The Morgan fingerprint density at radius 3 is 2.46 bits per heavy atom. The molecule has 1 aliphatic carbocycles. The normalized spacial score (nSPS) is 22.3. The lowest BCUT2D eigenvalue weighted by Crippen LogP contribution is -2.62. The van der Waals surface area contributed by atoms with Crippen LogP contribution in [0, 0.1) is 5.92 Å². The third kappa shape index (κ3) is 6.75. The van der Waals surface area contributed by atoms with Crippen molar-refractivity contribution in [3.8, 4) is 34.1 Å². The van der Waals surface area contributed by atoms with Crippen LogP contribution in [0.5, 0.6) is 23.0 Å². The van der Waals surface area contributed by atoms with Crippen molar-refractivity contribution in [3.05, 3.63) is 82.5 Å². The van der Waals surface area contributed by atoms with E-state index in [4.69, 9.17) is 18.9 Å². The molecule has 2 heterocycles. The van der Waals surface area contributed by atoms with Gasteiger partial charge in [0.15, 0.2) is 0 Å². The van der Waals surface area contributed by atoms with E-state index in [-0.39, 0.29) is 36.4 Å². The van der Waals surface area contributed by atoms with Gasteiger partial charge in [-0.25, -0.2) is 4.79 Å². The first kappa shape index (κ1) is 34.9. The van der Waals surface area contributed by atoms with E-state index in [2.05, 4.69) is 39.5 Å². The van der Waals surface area contributed by atoms with Crippen LogP contribution in [0.2, 0.25) is 0 Å². The van der Waals surface area contributed by atoms with E-state index >= 15 is 0 Å². The summed E-state index contributed by atoms with van der Waals surface area (Å²) in [5.41, 5.74) is 4.53. The number of carbonyl (C=O) groups is 2. The van der Waals surface area contributed by atoms with Crippen LogP contribution in [0.1, 0.15) is 90.7 Å². The predicted octanol–water partition coefficient (Wildman–Crippen LogP) is 8.54. The fourth-order valence-corrected chi connectivity index (χ4v) is 7.55. The molecule has 5 rings (SSSR count). The molecule has 2 aromatic carbocycles.